The van der Waals surface area contributed by atoms with E-state index in [1.807, 2.05) is 41.3 Å². The molecule has 0 bridgehead atoms. The molecule has 3 rings (SSSR count). The predicted octanol–water partition coefficient (Wildman–Crippen LogP) is 4.83. The first-order chi connectivity index (χ1) is 9.65. The zero-order valence-corrected chi connectivity index (χ0v) is 15.0. The van der Waals surface area contributed by atoms with Crippen LogP contribution in [0.25, 0.3) is 0 Å². The second-order valence-corrected chi connectivity index (χ2v) is 7.69. The number of anilines is 1. The molecule has 0 spiro atoms. The Morgan fingerprint density at radius 3 is 2.65 bits per heavy atom. The molecule has 0 aliphatic carbocycles. The molecule has 0 saturated carbocycles. The van der Waals surface area contributed by atoms with Gasteiger partial charge in [-0.25, -0.2) is 0 Å². The maximum absolute atomic E-state index is 12.2. The van der Waals surface area contributed by atoms with E-state index in [2.05, 4.69) is 50.7 Å². The number of thioether (sulfide) groups is 1. The van der Waals surface area contributed by atoms with Gasteiger partial charge in [0.15, 0.2) is 0 Å². The van der Waals surface area contributed by atoms with Crippen molar-refractivity contribution < 1.29 is 4.79 Å². The first kappa shape index (κ1) is 14.4. The summed E-state index contributed by atoms with van der Waals surface area (Å²) in [5.41, 5.74) is 2.11. The zero-order chi connectivity index (χ0) is 14.1. The molecule has 20 heavy (non-hydrogen) atoms. The molecule has 5 heteroatoms. The summed E-state index contributed by atoms with van der Waals surface area (Å²) < 4.78 is 2.21. The highest BCUT2D eigenvalue weighted by Gasteiger charge is 2.33. The van der Waals surface area contributed by atoms with E-state index in [4.69, 9.17) is 0 Å². The van der Waals surface area contributed by atoms with Gasteiger partial charge in [0.25, 0.3) is 0 Å². The molecule has 0 unspecified atom stereocenters. The Morgan fingerprint density at radius 1 is 1.20 bits per heavy atom. The average Bonchev–Trinajstić information content (AvgIpc) is 2.82. The topological polar surface area (TPSA) is 20.3 Å². The van der Waals surface area contributed by atoms with Crippen molar-refractivity contribution in [1.82, 2.24) is 0 Å². The molecule has 1 fully saturated rings. The van der Waals surface area contributed by atoms with E-state index in [9.17, 15) is 4.79 Å². The third-order valence-electron chi connectivity index (χ3n) is 3.11. The van der Waals surface area contributed by atoms with Crippen molar-refractivity contribution in [3.05, 3.63) is 62.1 Å². The maximum atomic E-state index is 12.2. The van der Waals surface area contributed by atoms with Crippen LogP contribution in [0, 0.1) is 3.57 Å². The van der Waals surface area contributed by atoms with Gasteiger partial charge in [0.1, 0.15) is 5.37 Å². The Labute approximate surface area is 144 Å². The lowest BCUT2D eigenvalue weighted by molar-refractivity contribution is -0.115. The number of hydrogen-bond acceptors (Lipinski definition) is 2. The fourth-order valence-corrected chi connectivity index (χ4v) is 4.16. The minimum Gasteiger partial charge on any atom is -0.295 e. The summed E-state index contributed by atoms with van der Waals surface area (Å²) in [6, 6.07) is 16.2. The number of benzene rings is 2. The van der Waals surface area contributed by atoms with Crippen LogP contribution in [-0.2, 0) is 4.79 Å². The normalized spacial score (nSPS) is 18.6. The molecule has 1 heterocycles. The number of rotatable bonds is 2. The average molecular weight is 460 g/mol. The van der Waals surface area contributed by atoms with Crippen LogP contribution in [0.15, 0.2) is 53.0 Å². The van der Waals surface area contributed by atoms with Crippen molar-refractivity contribution in [3.63, 3.8) is 0 Å². The Balaban J connectivity index is 1.98. The third-order valence-corrected chi connectivity index (χ3v) is 5.53. The van der Waals surface area contributed by atoms with Gasteiger partial charge in [0, 0.05) is 13.7 Å². The molecule has 1 aliphatic heterocycles. The van der Waals surface area contributed by atoms with Crippen molar-refractivity contribution in [2.45, 2.75) is 5.37 Å². The van der Waals surface area contributed by atoms with Gasteiger partial charge in [0.2, 0.25) is 5.91 Å². The van der Waals surface area contributed by atoms with Crippen LogP contribution in [0.2, 0.25) is 0 Å². The second kappa shape index (κ2) is 6.07. The van der Waals surface area contributed by atoms with Crippen LogP contribution in [-0.4, -0.2) is 11.7 Å². The molecule has 1 amide bonds. The fraction of sp³-hybridized carbons (Fsp3) is 0.133. The van der Waals surface area contributed by atoms with Gasteiger partial charge in [-0.05, 0) is 64.6 Å². The van der Waals surface area contributed by atoms with Gasteiger partial charge in [-0.15, -0.1) is 11.8 Å². The standard InChI is InChI=1S/C15H11BrINOS/c16-11-3-1-2-10(8-11)15-18(14(19)9-20-15)13-6-4-12(17)5-7-13/h1-8,15H,9H2/t15-/m1/s1. The van der Waals surface area contributed by atoms with Crippen molar-refractivity contribution >= 4 is 61.9 Å². The Kier molecular flexibility index (Phi) is 4.37. The number of carbonyl (C=O) groups is 1. The van der Waals surface area contributed by atoms with E-state index >= 15 is 0 Å². The van der Waals surface area contributed by atoms with Gasteiger partial charge in [-0.2, -0.15) is 0 Å². The SMILES string of the molecule is O=C1CS[C@H](c2cccc(Br)c2)N1c1ccc(I)cc1. The minimum absolute atomic E-state index is 0.0556. The summed E-state index contributed by atoms with van der Waals surface area (Å²) in [5, 5.41) is 0.0556. The summed E-state index contributed by atoms with van der Waals surface area (Å²) in [7, 11) is 0. The summed E-state index contributed by atoms with van der Waals surface area (Å²) in [5.74, 6) is 0.699. The van der Waals surface area contributed by atoms with Crippen molar-refractivity contribution in [1.29, 1.82) is 0 Å². The number of hydrogen-bond donors (Lipinski definition) is 0. The van der Waals surface area contributed by atoms with Crippen LogP contribution in [0.5, 0.6) is 0 Å². The molecule has 0 N–H and O–H groups in total. The van der Waals surface area contributed by atoms with E-state index < -0.39 is 0 Å². The van der Waals surface area contributed by atoms with E-state index in [0.717, 1.165) is 15.7 Å². The molecular weight excluding hydrogens is 449 g/mol. The minimum atomic E-state index is 0.0556. The smallest absolute Gasteiger partial charge is 0.238 e. The van der Waals surface area contributed by atoms with Crippen molar-refractivity contribution in [3.8, 4) is 0 Å². The Hall–Kier alpha value is -0.530. The van der Waals surface area contributed by atoms with Crippen LogP contribution in [0.3, 0.4) is 0 Å². The lowest BCUT2D eigenvalue weighted by atomic mass is 10.2. The van der Waals surface area contributed by atoms with Gasteiger partial charge >= 0.3 is 0 Å². The monoisotopic (exact) mass is 459 g/mol. The van der Waals surface area contributed by atoms with Crippen LogP contribution in [0.4, 0.5) is 5.69 Å². The van der Waals surface area contributed by atoms with E-state index in [1.165, 1.54) is 3.57 Å². The predicted molar refractivity (Wildman–Crippen MR) is 96.0 cm³/mol. The lowest BCUT2D eigenvalue weighted by Crippen LogP contribution is -2.27. The van der Waals surface area contributed by atoms with Crippen molar-refractivity contribution in [2.24, 2.45) is 0 Å². The maximum Gasteiger partial charge on any atom is 0.238 e. The summed E-state index contributed by atoms with van der Waals surface area (Å²) in [4.78, 5) is 14.1. The summed E-state index contributed by atoms with van der Waals surface area (Å²) in [6.07, 6.45) is 0. The van der Waals surface area contributed by atoms with E-state index in [-0.39, 0.29) is 11.3 Å². The molecule has 1 aliphatic rings. The molecule has 1 saturated heterocycles. The first-order valence-corrected chi connectivity index (χ1v) is 9.02. The number of carbonyl (C=O) groups excluding carboxylic acids is 1. The van der Waals surface area contributed by atoms with E-state index in [1.54, 1.807) is 11.8 Å². The largest absolute Gasteiger partial charge is 0.295 e. The highest BCUT2D eigenvalue weighted by atomic mass is 127. The zero-order valence-electron chi connectivity index (χ0n) is 10.4. The molecule has 0 radical (unpaired) electrons. The first-order valence-electron chi connectivity index (χ1n) is 6.10. The fourth-order valence-electron chi connectivity index (χ4n) is 2.21. The number of nitrogens with zero attached hydrogens (tertiary/aromatic N) is 1. The lowest BCUT2D eigenvalue weighted by Gasteiger charge is -2.24. The van der Waals surface area contributed by atoms with Crippen LogP contribution >= 0.6 is 50.3 Å². The molecule has 102 valence electrons. The summed E-state index contributed by atoms with van der Waals surface area (Å²) >= 11 is 7.44. The quantitative estimate of drug-likeness (QED) is 0.599. The summed E-state index contributed by atoms with van der Waals surface area (Å²) in [6.45, 7) is 0. The number of amides is 1. The third kappa shape index (κ3) is 2.89. The van der Waals surface area contributed by atoms with E-state index in [0.29, 0.717) is 5.75 Å². The van der Waals surface area contributed by atoms with Gasteiger partial charge < -0.3 is 0 Å². The highest BCUT2D eigenvalue weighted by Crippen LogP contribution is 2.42. The Bertz CT molecular complexity index is 647. The van der Waals surface area contributed by atoms with Gasteiger partial charge in [-0.1, -0.05) is 28.1 Å². The molecule has 1 atom stereocenters. The van der Waals surface area contributed by atoms with Crippen molar-refractivity contribution in [2.75, 3.05) is 10.7 Å². The molecule has 0 aromatic heterocycles. The Morgan fingerprint density at radius 2 is 1.95 bits per heavy atom. The second-order valence-electron chi connectivity index (χ2n) is 4.46. The molecule has 2 nitrogen and oxygen atoms in total. The van der Waals surface area contributed by atoms with Gasteiger partial charge in [0.05, 0.1) is 5.75 Å². The molecule has 2 aromatic rings. The number of halogens is 2. The molecule has 2 aromatic carbocycles. The highest BCUT2D eigenvalue weighted by molar-refractivity contribution is 14.1. The van der Waals surface area contributed by atoms with Crippen LogP contribution in [0.1, 0.15) is 10.9 Å². The van der Waals surface area contributed by atoms with Crippen LogP contribution < -0.4 is 4.90 Å². The van der Waals surface area contributed by atoms with Gasteiger partial charge in [-0.3, -0.25) is 9.69 Å². The molecular formula is C15H11BrINOS.